The van der Waals surface area contributed by atoms with Crippen LogP contribution in [0.3, 0.4) is 0 Å². The third-order valence-corrected chi connectivity index (χ3v) is 2.90. The zero-order valence-corrected chi connectivity index (χ0v) is 11.0. The molecule has 0 atom stereocenters. The largest absolute Gasteiger partial charge is 0.345 e. The molecule has 0 spiro atoms. The van der Waals surface area contributed by atoms with Crippen LogP contribution in [-0.2, 0) is 0 Å². The topological polar surface area (TPSA) is 94.4 Å². The van der Waals surface area contributed by atoms with Crippen molar-refractivity contribution in [3.05, 3.63) is 85.5 Å². The number of imidazole rings is 1. The molecule has 0 amide bonds. The Labute approximate surface area is 118 Å². The van der Waals surface area contributed by atoms with Crippen molar-refractivity contribution in [2.75, 3.05) is 0 Å². The molecule has 6 heteroatoms. The first-order valence-electron chi connectivity index (χ1n) is 6.33. The Morgan fingerprint density at radius 1 is 0.905 bits per heavy atom. The van der Waals surface area contributed by atoms with Crippen molar-refractivity contribution in [1.29, 1.82) is 0 Å². The SMILES string of the molecule is O=c1[nH]/c(=C\c2ncc[nH]2)c(=O)[nH]/c1=C\c1ccccc1. The van der Waals surface area contributed by atoms with Gasteiger partial charge < -0.3 is 15.0 Å². The molecule has 0 bridgehead atoms. The first-order valence-corrected chi connectivity index (χ1v) is 6.33. The third-order valence-electron chi connectivity index (χ3n) is 2.90. The smallest absolute Gasteiger partial charge is 0.272 e. The van der Waals surface area contributed by atoms with E-state index in [0.717, 1.165) is 5.56 Å². The summed E-state index contributed by atoms with van der Waals surface area (Å²) in [4.78, 5) is 36.0. The van der Waals surface area contributed by atoms with Gasteiger partial charge in [0.1, 0.15) is 16.5 Å². The summed E-state index contributed by atoms with van der Waals surface area (Å²) in [5, 5.41) is 0.364. The monoisotopic (exact) mass is 280 g/mol. The summed E-state index contributed by atoms with van der Waals surface area (Å²) in [5.41, 5.74) is 0.0888. The van der Waals surface area contributed by atoms with Crippen molar-refractivity contribution in [2.45, 2.75) is 0 Å². The molecule has 21 heavy (non-hydrogen) atoms. The van der Waals surface area contributed by atoms with Gasteiger partial charge in [-0.15, -0.1) is 0 Å². The molecule has 0 fully saturated rings. The van der Waals surface area contributed by atoms with Crippen LogP contribution >= 0.6 is 0 Å². The summed E-state index contributed by atoms with van der Waals surface area (Å²) in [6.07, 6.45) is 6.30. The molecular weight excluding hydrogens is 268 g/mol. The van der Waals surface area contributed by atoms with Crippen molar-refractivity contribution >= 4 is 12.2 Å². The van der Waals surface area contributed by atoms with E-state index in [0.29, 0.717) is 5.82 Å². The van der Waals surface area contributed by atoms with Gasteiger partial charge in [-0.2, -0.15) is 0 Å². The first kappa shape index (κ1) is 12.9. The second-order valence-corrected chi connectivity index (χ2v) is 4.41. The fraction of sp³-hybridized carbons (Fsp3) is 0. The molecule has 0 aliphatic rings. The van der Waals surface area contributed by atoms with Crippen molar-refractivity contribution in [3.63, 3.8) is 0 Å². The Morgan fingerprint density at radius 2 is 1.57 bits per heavy atom. The number of hydrogen-bond acceptors (Lipinski definition) is 3. The van der Waals surface area contributed by atoms with E-state index in [1.807, 2.05) is 30.3 Å². The minimum absolute atomic E-state index is 0.153. The van der Waals surface area contributed by atoms with E-state index in [2.05, 4.69) is 19.9 Å². The van der Waals surface area contributed by atoms with Gasteiger partial charge in [-0.05, 0) is 11.6 Å². The number of aromatic nitrogens is 4. The maximum atomic E-state index is 12.0. The van der Waals surface area contributed by atoms with Gasteiger partial charge in [-0.25, -0.2) is 4.98 Å². The van der Waals surface area contributed by atoms with Gasteiger partial charge in [0.05, 0.1) is 0 Å². The predicted molar refractivity (Wildman–Crippen MR) is 79.1 cm³/mol. The van der Waals surface area contributed by atoms with Crippen molar-refractivity contribution < 1.29 is 0 Å². The second kappa shape index (κ2) is 5.46. The molecule has 0 aliphatic carbocycles. The standard InChI is InChI=1S/C15H12N4O2/c20-14-11(8-10-4-2-1-3-5-10)18-15(21)12(19-14)9-13-16-6-7-17-13/h1-9H,(H,16,17)(H,18,21)(H,19,20)/b11-8-,12-9-. The Kier molecular flexibility index (Phi) is 3.34. The van der Waals surface area contributed by atoms with E-state index >= 15 is 0 Å². The maximum Gasteiger partial charge on any atom is 0.272 e. The molecule has 1 aromatic carbocycles. The fourth-order valence-corrected chi connectivity index (χ4v) is 1.91. The molecule has 0 aliphatic heterocycles. The van der Waals surface area contributed by atoms with Crippen LogP contribution in [0.2, 0.25) is 0 Å². The summed E-state index contributed by atoms with van der Waals surface area (Å²) in [7, 11) is 0. The van der Waals surface area contributed by atoms with E-state index < -0.39 is 0 Å². The lowest BCUT2D eigenvalue weighted by Crippen LogP contribution is -2.46. The van der Waals surface area contributed by atoms with Crippen LogP contribution < -0.4 is 21.8 Å². The number of nitrogens with zero attached hydrogens (tertiary/aromatic N) is 1. The highest BCUT2D eigenvalue weighted by Crippen LogP contribution is 1.97. The number of nitrogens with one attached hydrogen (secondary N) is 3. The average Bonchev–Trinajstić information content (AvgIpc) is 2.98. The molecule has 2 aromatic heterocycles. The summed E-state index contributed by atoms with van der Waals surface area (Å²) in [5.74, 6) is 0.496. The lowest BCUT2D eigenvalue weighted by atomic mass is 10.2. The van der Waals surface area contributed by atoms with Gasteiger partial charge in [0.2, 0.25) is 0 Å². The highest BCUT2D eigenvalue weighted by atomic mass is 16.1. The summed E-state index contributed by atoms with van der Waals surface area (Å²) in [6.45, 7) is 0. The highest BCUT2D eigenvalue weighted by Gasteiger charge is 1.97. The molecule has 6 nitrogen and oxygen atoms in total. The van der Waals surface area contributed by atoms with Gasteiger partial charge in [0.25, 0.3) is 11.1 Å². The number of H-pyrrole nitrogens is 3. The molecule has 0 radical (unpaired) electrons. The van der Waals surface area contributed by atoms with Crippen LogP contribution in [-0.4, -0.2) is 19.9 Å². The molecular formula is C15H12N4O2. The van der Waals surface area contributed by atoms with Crippen LogP contribution in [0.15, 0.2) is 52.3 Å². The first-order chi connectivity index (χ1) is 10.2. The minimum atomic E-state index is -0.381. The zero-order chi connectivity index (χ0) is 14.7. The molecule has 0 unspecified atom stereocenters. The van der Waals surface area contributed by atoms with Crippen LogP contribution in [0.4, 0.5) is 0 Å². The maximum absolute atomic E-state index is 12.0. The van der Waals surface area contributed by atoms with E-state index in [4.69, 9.17) is 0 Å². The second-order valence-electron chi connectivity index (χ2n) is 4.41. The third kappa shape index (κ3) is 2.89. The lowest BCUT2D eigenvalue weighted by molar-refractivity contribution is 0.999. The Hall–Kier alpha value is -3.15. The van der Waals surface area contributed by atoms with Crippen molar-refractivity contribution in [2.24, 2.45) is 0 Å². The quantitative estimate of drug-likeness (QED) is 0.587. The lowest BCUT2D eigenvalue weighted by Gasteiger charge is -1.92. The van der Waals surface area contributed by atoms with Crippen LogP contribution in [0.5, 0.6) is 0 Å². The zero-order valence-electron chi connectivity index (χ0n) is 11.0. The molecule has 2 heterocycles. The Bertz CT molecular complexity index is 967. The van der Waals surface area contributed by atoms with E-state index in [1.165, 1.54) is 6.08 Å². The normalized spacial score (nSPS) is 12.8. The highest BCUT2D eigenvalue weighted by molar-refractivity contribution is 5.47. The van der Waals surface area contributed by atoms with Gasteiger partial charge >= 0.3 is 0 Å². The summed E-state index contributed by atoms with van der Waals surface area (Å²) >= 11 is 0. The average molecular weight is 280 g/mol. The molecule has 3 N–H and O–H groups in total. The molecule has 0 saturated heterocycles. The molecule has 0 saturated carbocycles. The van der Waals surface area contributed by atoms with Crippen LogP contribution in [0.25, 0.3) is 12.2 Å². The summed E-state index contributed by atoms with van der Waals surface area (Å²) < 4.78 is 0. The van der Waals surface area contributed by atoms with Crippen molar-refractivity contribution in [1.82, 2.24) is 19.9 Å². The predicted octanol–water partition coefficient (Wildman–Crippen LogP) is -0.556. The number of benzene rings is 1. The van der Waals surface area contributed by atoms with E-state index in [1.54, 1.807) is 18.5 Å². The summed E-state index contributed by atoms with van der Waals surface area (Å²) in [6, 6.07) is 9.29. The van der Waals surface area contributed by atoms with Gasteiger partial charge in [-0.3, -0.25) is 9.59 Å². The minimum Gasteiger partial charge on any atom is -0.345 e. The molecule has 3 aromatic rings. The van der Waals surface area contributed by atoms with Crippen molar-refractivity contribution in [3.8, 4) is 0 Å². The van der Waals surface area contributed by atoms with Crippen LogP contribution in [0, 0.1) is 0 Å². The number of rotatable bonds is 2. The van der Waals surface area contributed by atoms with Crippen LogP contribution in [0.1, 0.15) is 11.4 Å². The Morgan fingerprint density at radius 3 is 2.19 bits per heavy atom. The van der Waals surface area contributed by atoms with Gasteiger partial charge in [0, 0.05) is 18.5 Å². The number of aromatic amines is 3. The van der Waals surface area contributed by atoms with Gasteiger partial charge in [0.15, 0.2) is 0 Å². The molecule has 104 valence electrons. The fourth-order valence-electron chi connectivity index (χ4n) is 1.91. The van der Waals surface area contributed by atoms with E-state index in [-0.39, 0.29) is 21.8 Å². The van der Waals surface area contributed by atoms with E-state index in [9.17, 15) is 9.59 Å². The Balaban J connectivity index is 2.16. The molecule has 3 rings (SSSR count). The number of hydrogen-bond donors (Lipinski definition) is 3. The van der Waals surface area contributed by atoms with Gasteiger partial charge in [-0.1, -0.05) is 30.3 Å².